The predicted octanol–water partition coefficient (Wildman–Crippen LogP) is 5.70. The first kappa shape index (κ1) is 14.9. The molecule has 1 fully saturated rings. The Kier molecular flexibility index (Phi) is 5.60. The third-order valence-electron chi connectivity index (χ3n) is 3.65. The van der Waals surface area contributed by atoms with Gasteiger partial charge in [0, 0.05) is 8.35 Å². The number of alkyl halides is 2. The summed E-state index contributed by atoms with van der Waals surface area (Å²) in [5.74, 6) is 1.03. The molecule has 1 unspecified atom stereocenters. The standard InChI is InChI=1S/C15H20I2O/c1-15(9-3-2-4-10-15)18-13-7-5-12(6-8-13)14(17)11-16/h5-8,14H,2-4,9-11H2,1H3. The van der Waals surface area contributed by atoms with E-state index in [1.807, 2.05) is 0 Å². The van der Waals surface area contributed by atoms with Crippen LogP contribution in [0.4, 0.5) is 0 Å². The summed E-state index contributed by atoms with van der Waals surface area (Å²) in [6.07, 6.45) is 6.36. The molecule has 1 nitrogen and oxygen atoms in total. The average Bonchev–Trinajstić information content (AvgIpc) is 2.39. The summed E-state index contributed by atoms with van der Waals surface area (Å²) in [5.41, 5.74) is 1.46. The quantitative estimate of drug-likeness (QED) is 0.406. The molecule has 0 bridgehead atoms. The van der Waals surface area contributed by atoms with Crippen LogP contribution in [-0.2, 0) is 0 Å². The SMILES string of the molecule is CC1(Oc2ccc(C(I)CI)cc2)CCCCC1. The predicted molar refractivity (Wildman–Crippen MR) is 94.2 cm³/mol. The largest absolute Gasteiger partial charge is 0.488 e. The van der Waals surface area contributed by atoms with Crippen LogP contribution in [0.3, 0.4) is 0 Å². The highest BCUT2D eigenvalue weighted by Crippen LogP contribution is 2.33. The van der Waals surface area contributed by atoms with Crippen molar-refractivity contribution in [2.24, 2.45) is 0 Å². The molecular weight excluding hydrogens is 450 g/mol. The van der Waals surface area contributed by atoms with Crippen LogP contribution in [-0.4, -0.2) is 10.0 Å². The van der Waals surface area contributed by atoms with Gasteiger partial charge >= 0.3 is 0 Å². The van der Waals surface area contributed by atoms with E-state index in [9.17, 15) is 0 Å². The lowest BCUT2D eigenvalue weighted by Crippen LogP contribution is -2.34. The topological polar surface area (TPSA) is 9.23 Å². The van der Waals surface area contributed by atoms with E-state index in [0.29, 0.717) is 3.92 Å². The Hall–Kier alpha value is 0.480. The fourth-order valence-corrected chi connectivity index (χ4v) is 3.44. The van der Waals surface area contributed by atoms with Gasteiger partial charge in [0.25, 0.3) is 0 Å². The van der Waals surface area contributed by atoms with Gasteiger partial charge in [-0.25, -0.2) is 0 Å². The second-order valence-electron chi connectivity index (χ2n) is 5.30. The lowest BCUT2D eigenvalue weighted by molar-refractivity contribution is 0.0487. The Morgan fingerprint density at radius 2 is 1.78 bits per heavy atom. The molecule has 0 radical (unpaired) electrons. The zero-order valence-corrected chi connectivity index (χ0v) is 15.1. The zero-order valence-electron chi connectivity index (χ0n) is 10.8. The summed E-state index contributed by atoms with van der Waals surface area (Å²) < 4.78 is 7.96. The molecule has 0 amide bonds. The van der Waals surface area contributed by atoms with Crippen LogP contribution in [0.15, 0.2) is 24.3 Å². The molecule has 1 saturated carbocycles. The first-order chi connectivity index (χ1) is 8.63. The molecule has 0 N–H and O–H groups in total. The summed E-state index contributed by atoms with van der Waals surface area (Å²) in [6, 6.07) is 8.68. The van der Waals surface area contributed by atoms with Gasteiger partial charge in [-0.3, -0.25) is 0 Å². The number of hydrogen-bond donors (Lipinski definition) is 0. The second-order valence-corrected chi connectivity index (χ2v) is 7.69. The van der Waals surface area contributed by atoms with E-state index >= 15 is 0 Å². The van der Waals surface area contributed by atoms with E-state index in [2.05, 4.69) is 76.4 Å². The second kappa shape index (κ2) is 6.77. The van der Waals surface area contributed by atoms with E-state index in [1.54, 1.807) is 0 Å². The molecule has 0 aromatic heterocycles. The maximum atomic E-state index is 6.21. The van der Waals surface area contributed by atoms with Crippen molar-refractivity contribution in [3.05, 3.63) is 29.8 Å². The van der Waals surface area contributed by atoms with Crippen LogP contribution in [0.5, 0.6) is 5.75 Å². The fraction of sp³-hybridized carbons (Fsp3) is 0.600. The smallest absolute Gasteiger partial charge is 0.120 e. The van der Waals surface area contributed by atoms with Crippen LogP contribution >= 0.6 is 45.2 Å². The number of halogens is 2. The van der Waals surface area contributed by atoms with E-state index in [-0.39, 0.29) is 5.60 Å². The Balaban J connectivity index is 2.01. The monoisotopic (exact) mass is 470 g/mol. The lowest BCUT2D eigenvalue weighted by atomic mass is 9.86. The van der Waals surface area contributed by atoms with Crippen molar-refractivity contribution >= 4 is 45.2 Å². The van der Waals surface area contributed by atoms with Crippen molar-refractivity contribution in [1.29, 1.82) is 0 Å². The normalized spacial score (nSPS) is 20.4. The van der Waals surface area contributed by atoms with E-state index in [0.717, 1.165) is 10.2 Å². The molecule has 2 rings (SSSR count). The Labute approximate surface area is 137 Å². The molecule has 3 heteroatoms. The molecule has 0 aliphatic heterocycles. The van der Waals surface area contributed by atoms with E-state index < -0.39 is 0 Å². The average molecular weight is 470 g/mol. The molecule has 1 aliphatic carbocycles. The first-order valence-electron chi connectivity index (χ1n) is 6.62. The maximum Gasteiger partial charge on any atom is 0.120 e. The summed E-state index contributed by atoms with van der Waals surface area (Å²) in [4.78, 5) is 0. The first-order valence-corrected chi connectivity index (χ1v) is 9.39. The fourth-order valence-electron chi connectivity index (χ4n) is 2.52. The summed E-state index contributed by atoms with van der Waals surface area (Å²) in [7, 11) is 0. The molecule has 0 spiro atoms. The highest BCUT2D eigenvalue weighted by atomic mass is 127. The molecule has 18 heavy (non-hydrogen) atoms. The van der Waals surface area contributed by atoms with E-state index in [1.165, 1.54) is 37.7 Å². The summed E-state index contributed by atoms with van der Waals surface area (Å²) in [5, 5.41) is 0. The van der Waals surface area contributed by atoms with Crippen molar-refractivity contribution in [1.82, 2.24) is 0 Å². The molecule has 1 aliphatic rings. The summed E-state index contributed by atoms with van der Waals surface area (Å²) in [6.45, 7) is 2.26. The van der Waals surface area contributed by atoms with Crippen molar-refractivity contribution in [3.8, 4) is 5.75 Å². The van der Waals surface area contributed by atoms with Crippen molar-refractivity contribution in [3.63, 3.8) is 0 Å². The molecule has 0 saturated heterocycles. The van der Waals surface area contributed by atoms with Gasteiger partial charge in [-0.15, -0.1) is 0 Å². The van der Waals surface area contributed by atoms with Crippen LogP contribution in [0.25, 0.3) is 0 Å². The summed E-state index contributed by atoms with van der Waals surface area (Å²) >= 11 is 4.93. The van der Waals surface area contributed by atoms with Gasteiger partial charge in [0.1, 0.15) is 11.4 Å². The highest BCUT2D eigenvalue weighted by Gasteiger charge is 2.28. The Bertz CT molecular complexity index is 369. The van der Waals surface area contributed by atoms with Crippen LogP contribution in [0, 0.1) is 0 Å². The minimum atomic E-state index is 0.0623. The molecule has 1 aromatic rings. The van der Waals surface area contributed by atoms with Gasteiger partial charge in [0.05, 0.1) is 0 Å². The third-order valence-corrected chi connectivity index (χ3v) is 7.38. The number of hydrogen-bond acceptors (Lipinski definition) is 1. The van der Waals surface area contributed by atoms with Gasteiger partial charge in [-0.1, -0.05) is 63.7 Å². The minimum Gasteiger partial charge on any atom is -0.488 e. The number of benzene rings is 1. The van der Waals surface area contributed by atoms with Gasteiger partial charge in [0.2, 0.25) is 0 Å². The van der Waals surface area contributed by atoms with Crippen LogP contribution in [0.2, 0.25) is 0 Å². The van der Waals surface area contributed by atoms with Crippen LogP contribution < -0.4 is 4.74 Å². The molecular formula is C15H20I2O. The van der Waals surface area contributed by atoms with Crippen molar-refractivity contribution in [2.75, 3.05) is 4.43 Å². The molecule has 0 heterocycles. The lowest BCUT2D eigenvalue weighted by Gasteiger charge is -2.34. The number of rotatable bonds is 4. The number of ether oxygens (including phenoxy) is 1. The highest BCUT2D eigenvalue weighted by molar-refractivity contribution is 14.1. The third kappa shape index (κ3) is 3.99. The zero-order chi connectivity index (χ0) is 13.0. The van der Waals surface area contributed by atoms with Crippen LogP contribution in [0.1, 0.15) is 48.5 Å². The van der Waals surface area contributed by atoms with Crippen molar-refractivity contribution in [2.45, 2.75) is 48.6 Å². The van der Waals surface area contributed by atoms with Gasteiger partial charge in [-0.2, -0.15) is 0 Å². The Morgan fingerprint density at radius 3 is 2.33 bits per heavy atom. The van der Waals surface area contributed by atoms with Crippen molar-refractivity contribution < 1.29 is 4.74 Å². The maximum absolute atomic E-state index is 6.21. The Morgan fingerprint density at radius 1 is 1.17 bits per heavy atom. The molecule has 1 atom stereocenters. The molecule has 100 valence electrons. The molecule has 1 aromatic carbocycles. The van der Waals surface area contributed by atoms with E-state index in [4.69, 9.17) is 4.74 Å². The van der Waals surface area contributed by atoms with Gasteiger partial charge in [0.15, 0.2) is 0 Å². The van der Waals surface area contributed by atoms with Gasteiger partial charge in [-0.05, 0) is 50.3 Å². The minimum absolute atomic E-state index is 0.0623. The van der Waals surface area contributed by atoms with Gasteiger partial charge < -0.3 is 4.74 Å².